The van der Waals surface area contributed by atoms with Crippen LogP contribution in [-0.4, -0.2) is 19.2 Å². The number of nitro groups is 1. The predicted molar refractivity (Wildman–Crippen MR) is 96.8 cm³/mol. The number of hydrazine groups is 1. The highest BCUT2D eigenvalue weighted by Gasteiger charge is 2.51. The molecule has 1 aromatic rings. The molecule has 4 aliphatic rings. The number of nitrogens with one attached hydrogen (secondary N) is 2. The number of hydrogen-bond donors (Lipinski definition) is 2. The predicted octanol–water partition coefficient (Wildman–Crippen LogP) is 2.51. The van der Waals surface area contributed by atoms with Gasteiger partial charge in [0.15, 0.2) is 0 Å². The number of rotatable bonds is 6. The molecule has 5 rings (SSSR count). The van der Waals surface area contributed by atoms with E-state index < -0.39 is 14.9 Å². The number of nitrogens with zero attached hydrogens (tertiary/aromatic N) is 1. The van der Waals surface area contributed by atoms with Crippen LogP contribution < -0.4 is 10.3 Å². The molecule has 0 saturated heterocycles. The molecule has 4 fully saturated rings. The first kappa shape index (κ1) is 18.4. The summed E-state index contributed by atoms with van der Waals surface area (Å²) in [6.07, 6.45) is 7.42. The van der Waals surface area contributed by atoms with E-state index in [1.165, 1.54) is 19.3 Å². The molecule has 9 heteroatoms. The second-order valence-corrected chi connectivity index (χ2v) is 10.2. The Balaban J connectivity index is 1.37. The summed E-state index contributed by atoms with van der Waals surface area (Å²) >= 11 is 0. The van der Waals surface area contributed by atoms with E-state index in [0.717, 1.165) is 61.3 Å². The number of hydrogen-bond acceptors (Lipinski definition) is 5. The largest absolute Gasteiger partial charge is 0.278 e. The Morgan fingerprint density at radius 3 is 2.07 bits per heavy atom. The summed E-state index contributed by atoms with van der Waals surface area (Å²) in [5.41, 5.74) is 2.15. The van der Waals surface area contributed by atoms with Gasteiger partial charge in [0.25, 0.3) is 15.7 Å². The summed E-state index contributed by atoms with van der Waals surface area (Å²) in [6, 6.07) is 4.52. The zero-order valence-electron chi connectivity index (χ0n) is 14.9. The number of benzene rings is 1. The molecule has 1 aromatic carbocycles. The monoisotopic (exact) mass is 393 g/mol. The molecule has 0 radical (unpaired) electrons. The lowest BCUT2D eigenvalue weighted by Gasteiger charge is -2.56. The average Bonchev–Trinajstić information content (AvgIpc) is 2.58. The fourth-order valence-corrected chi connectivity index (χ4v) is 6.68. The molecular weight excluding hydrogens is 370 g/mol. The first-order valence-corrected chi connectivity index (χ1v) is 10.8. The molecule has 8 nitrogen and oxygen atoms in total. The van der Waals surface area contributed by atoms with Crippen molar-refractivity contribution in [3.05, 3.63) is 34.4 Å². The SMILES string of the molecule is O=C(CC12CC3CC(CC(C3)C1)C2)NNS(=O)(=O)c1ccc([N+](=O)[O-])cc1. The second-order valence-electron chi connectivity index (χ2n) is 8.50. The summed E-state index contributed by atoms with van der Waals surface area (Å²) in [6.45, 7) is 0. The minimum absolute atomic E-state index is 0.0254. The van der Waals surface area contributed by atoms with Gasteiger partial charge in [-0.25, -0.2) is 8.42 Å². The van der Waals surface area contributed by atoms with Crippen LogP contribution in [0, 0.1) is 33.3 Å². The molecule has 0 unspecified atom stereocenters. The Hall–Kier alpha value is -2.00. The van der Waals surface area contributed by atoms with Crippen LogP contribution in [0.15, 0.2) is 29.2 Å². The van der Waals surface area contributed by atoms with E-state index in [2.05, 4.69) is 10.3 Å². The molecule has 146 valence electrons. The van der Waals surface area contributed by atoms with Crippen molar-refractivity contribution >= 4 is 21.6 Å². The summed E-state index contributed by atoms with van der Waals surface area (Å²) in [5, 5.41) is 10.7. The number of amides is 1. The Morgan fingerprint density at radius 2 is 1.59 bits per heavy atom. The smallest absolute Gasteiger partial charge is 0.269 e. The van der Waals surface area contributed by atoms with E-state index in [0.29, 0.717) is 6.42 Å². The molecule has 4 saturated carbocycles. The topological polar surface area (TPSA) is 118 Å². The lowest BCUT2D eigenvalue weighted by molar-refractivity contribution is -0.384. The summed E-state index contributed by atoms with van der Waals surface area (Å²) in [4.78, 5) is 24.5. The van der Waals surface area contributed by atoms with Gasteiger partial charge in [-0.3, -0.25) is 20.3 Å². The first-order valence-electron chi connectivity index (χ1n) is 9.30. The van der Waals surface area contributed by atoms with E-state index >= 15 is 0 Å². The van der Waals surface area contributed by atoms with Gasteiger partial charge in [-0.2, -0.15) is 0 Å². The van der Waals surface area contributed by atoms with Crippen LogP contribution in [0.4, 0.5) is 5.69 Å². The number of nitro benzene ring substituents is 1. The normalized spacial score (nSPS) is 31.6. The van der Waals surface area contributed by atoms with Crippen molar-refractivity contribution in [2.75, 3.05) is 0 Å². The van der Waals surface area contributed by atoms with Crippen molar-refractivity contribution < 1.29 is 18.1 Å². The van der Waals surface area contributed by atoms with Crippen LogP contribution in [0.25, 0.3) is 0 Å². The van der Waals surface area contributed by atoms with Crippen molar-refractivity contribution in [1.82, 2.24) is 10.3 Å². The zero-order chi connectivity index (χ0) is 19.2. The molecule has 0 heterocycles. The van der Waals surface area contributed by atoms with Gasteiger partial charge >= 0.3 is 0 Å². The van der Waals surface area contributed by atoms with E-state index in [1.54, 1.807) is 0 Å². The minimum Gasteiger partial charge on any atom is -0.278 e. The number of carbonyl (C=O) groups is 1. The van der Waals surface area contributed by atoms with Crippen LogP contribution >= 0.6 is 0 Å². The van der Waals surface area contributed by atoms with Crippen molar-refractivity contribution in [3.8, 4) is 0 Å². The van der Waals surface area contributed by atoms with E-state index in [-0.39, 0.29) is 21.9 Å². The third-order valence-corrected chi connectivity index (χ3v) is 7.65. The molecule has 0 atom stereocenters. The van der Waals surface area contributed by atoms with Gasteiger partial charge in [-0.1, -0.05) is 0 Å². The van der Waals surface area contributed by atoms with Crippen molar-refractivity contribution in [1.29, 1.82) is 0 Å². The van der Waals surface area contributed by atoms with Crippen LogP contribution in [0.3, 0.4) is 0 Å². The first-order chi connectivity index (χ1) is 12.7. The summed E-state index contributed by atoms with van der Waals surface area (Å²) in [7, 11) is -3.97. The van der Waals surface area contributed by atoms with Gasteiger partial charge in [0, 0.05) is 18.6 Å². The summed E-state index contributed by atoms with van der Waals surface area (Å²) < 4.78 is 24.6. The molecule has 1 amide bonds. The van der Waals surface area contributed by atoms with Gasteiger partial charge in [0.2, 0.25) is 5.91 Å². The molecule has 2 N–H and O–H groups in total. The lowest BCUT2D eigenvalue weighted by Crippen LogP contribution is -2.50. The Morgan fingerprint density at radius 1 is 1.07 bits per heavy atom. The van der Waals surface area contributed by atoms with Crippen molar-refractivity contribution in [2.24, 2.45) is 23.2 Å². The third kappa shape index (κ3) is 3.70. The fraction of sp³-hybridized carbons (Fsp3) is 0.611. The maximum absolute atomic E-state index is 12.4. The lowest BCUT2D eigenvalue weighted by atomic mass is 9.49. The molecule has 4 bridgehead atoms. The Bertz CT molecular complexity index is 830. The van der Waals surface area contributed by atoms with Crippen LogP contribution in [-0.2, 0) is 14.8 Å². The average molecular weight is 393 g/mol. The van der Waals surface area contributed by atoms with Gasteiger partial charge in [0.05, 0.1) is 9.82 Å². The summed E-state index contributed by atoms with van der Waals surface area (Å²) in [5.74, 6) is 1.85. The highest BCUT2D eigenvalue weighted by atomic mass is 32.2. The molecular formula is C18H23N3O5S. The molecule has 27 heavy (non-hydrogen) atoms. The van der Waals surface area contributed by atoms with Crippen molar-refractivity contribution in [2.45, 2.75) is 49.8 Å². The highest BCUT2D eigenvalue weighted by molar-refractivity contribution is 7.89. The van der Waals surface area contributed by atoms with Crippen LogP contribution in [0.5, 0.6) is 0 Å². The van der Waals surface area contributed by atoms with Gasteiger partial charge in [0.1, 0.15) is 0 Å². The quantitative estimate of drug-likeness (QED) is 0.569. The van der Waals surface area contributed by atoms with E-state index in [9.17, 15) is 23.3 Å². The molecule has 0 aliphatic heterocycles. The highest BCUT2D eigenvalue weighted by Crippen LogP contribution is 2.61. The number of sulfonamides is 1. The second kappa shape index (κ2) is 6.56. The molecule has 0 spiro atoms. The fourth-order valence-electron chi connectivity index (χ4n) is 5.82. The molecule has 0 aromatic heterocycles. The van der Waals surface area contributed by atoms with Crippen LogP contribution in [0.1, 0.15) is 44.9 Å². The maximum Gasteiger partial charge on any atom is 0.269 e. The Labute approximate surface area is 157 Å². The van der Waals surface area contributed by atoms with Crippen molar-refractivity contribution in [3.63, 3.8) is 0 Å². The number of carbonyl (C=O) groups excluding carboxylic acids is 1. The third-order valence-electron chi connectivity index (χ3n) is 6.38. The Kier molecular flexibility index (Phi) is 4.46. The maximum atomic E-state index is 12.4. The van der Waals surface area contributed by atoms with Crippen LogP contribution in [0.2, 0.25) is 0 Å². The molecule has 4 aliphatic carbocycles. The van der Waals surface area contributed by atoms with E-state index in [1.807, 2.05) is 0 Å². The zero-order valence-corrected chi connectivity index (χ0v) is 15.7. The minimum atomic E-state index is -3.97. The van der Waals surface area contributed by atoms with E-state index in [4.69, 9.17) is 0 Å². The standard InChI is InChI=1S/C18H23N3O5S/c22-17(11-18-8-12-5-13(9-18)7-14(6-12)10-18)19-20-27(25,26)16-3-1-15(2-4-16)21(23)24/h1-4,12-14,20H,5-11H2,(H,19,22). The van der Waals surface area contributed by atoms with Gasteiger partial charge < -0.3 is 0 Å². The van der Waals surface area contributed by atoms with Gasteiger partial charge in [-0.05, 0) is 73.8 Å². The number of non-ortho nitro benzene ring substituents is 1. The van der Waals surface area contributed by atoms with Gasteiger partial charge in [-0.15, -0.1) is 4.83 Å².